The van der Waals surface area contributed by atoms with Gasteiger partial charge in [-0.2, -0.15) is 0 Å². The first-order chi connectivity index (χ1) is 8.22. The summed E-state index contributed by atoms with van der Waals surface area (Å²) in [6, 6.07) is 9.46. The Morgan fingerprint density at radius 2 is 2.00 bits per heavy atom. The molecule has 1 aromatic carbocycles. The molecule has 0 radical (unpaired) electrons. The summed E-state index contributed by atoms with van der Waals surface area (Å²) in [6.45, 7) is 2.74. The number of hydrogen-bond acceptors (Lipinski definition) is 3. The molecule has 1 aromatic rings. The molecule has 0 saturated heterocycles. The van der Waals surface area contributed by atoms with Crippen LogP contribution in [0.25, 0.3) is 0 Å². The molecule has 17 heavy (non-hydrogen) atoms. The smallest absolute Gasteiger partial charge is 0.305 e. The van der Waals surface area contributed by atoms with Gasteiger partial charge in [-0.25, -0.2) is 0 Å². The molecule has 0 amide bonds. The van der Waals surface area contributed by atoms with Gasteiger partial charge in [0.1, 0.15) is 12.4 Å². The van der Waals surface area contributed by atoms with E-state index >= 15 is 0 Å². The van der Waals surface area contributed by atoms with E-state index < -0.39 is 5.97 Å². The van der Waals surface area contributed by atoms with E-state index in [0.717, 1.165) is 5.75 Å². The summed E-state index contributed by atoms with van der Waals surface area (Å²) in [6.07, 6.45) is 0.506. The minimum absolute atomic E-state index is 0.0435. The molecule has 0 aliphatic rings. The lowest BCUT2D eigenvalue weighted by atomic mass is 10.2. The molecular formula is C13H18O4. The van der Waals surface area contributed by atoms with Crippen molar-refractivity contribution in [2.24, 2.45) is 0 Å². The molecule has 0 aliphatic carbocycles. The number of carbonyl (C=O) groups is 1. The van der Waals surface area contributed by atoms with Gasteiger partial charge in [-0.05, 0) is 18.6 Å². The largest absolute Gasteiger partial charge is 0.491 e. The average Bonchev–Trinajstić information content (AvgIpc) is 2.34. The molecule has 4 nitrogen and oxygen atoms in total. The first-order valence-corrected chi connectivity index (χ1v) is 5.73. The van der Waals surface area contributed by atoms with Crippen LogP contribution in [0.5, 0.6) is 5.75 Å². The van der Waals surface area contributed by atoms with Crippen LogP contribution in [0.1, 0.15) is 19.8 Å². The highest BCUT2D eigenvalue weighted by Crippen LogP contribution is 2.08. The molecule has 1 N–H and O–H groups in total. The molecule has 0 fully saturated rings. The van der Waals surface area contributed by atoms with Gasteiger partial charge >= 0.3 is 5.97 Å². The fraction of sp³-hybridized carbons (Fsp3) is 0.462. The Bertz CT molecular complexity index is 323. The Morgan fingerprint density at radius 3 is 2.59 bits per heavy atom. The molecule has 0 aromatic heterocycles. The van der Waals surface area contributed by atoms with Crippen molar-refractivity contribution >= 4 is 5.97 Å². The van der Waals surface area contributed by atoms with E-state index in [9.17, 15) is 4.79 Å². The lowest BCUT2D eigenvalue weighted by Crippen LogP contribution is -2.19. The fourth-order valence-electron chi connectivity index (χ4n) is 1.41. The van der Waals surface area contributed by atoms with Crippen LogP contribution >= 0.6 is 0 Å². The maximum atomic E-state index is 10.5. The van der Waals surface area contributed by atoms with E-state index in [4.69, 9.17) is 14.6 Å². The third kappa shape index (κ3) is 5.92. The first-order valence-electron chi connectivity index (χ1n) is 5.73. The second-order valence-electron chi connectivity index (χ2n) is 3.66. The van der Waals surface area contributed by atoms with Crippen molar-refractivity contribution < 1.29 is 19.4 Å². The number of aliphatic carboxylic acids is 1. The number of ether oxygens (including phenoxy) is 2. The normalized spacial score (nSPS) is 12.1. The highest BCUT2D eigenvalue weighted by molar-refractivity contribution is 5.67. The SMILES string of the molecule is CCC(CC(=O)O)OCCOc1ccccc1. The van der Waals surface area contributed by atoms with Crippen molar-refractivity contribution in [3.63, 3.8) is 0 Å². The molecule has 1 rings (SSSR count). The first kappa shape index (κ1) is 13.5. The summed E-state index contributed by atoms with van der Waals surface area (Å²) in [5.74, 6) is -0.0387. The molecule has 0 bridgehead atoms. The third-order valence-electron chi connectivity index (χ3n) is 2.31. The zero-order valence-electron chi connectivity index (χ0n) is 9.96. The Morgan fingerprint density at radius 1 is 1.29 bits per heavy atom. The van der Waals surface area contributed by atoms with Gasteiger partial charge in [0.15, 0.2) is 0 Å². The minimum atomic E-state index is -0.833. The number of rotatable bonds is 8. The van der Waals surface area contributed by atoms with Gasteiger partial charge in [0, 0.05) is 0 Å². The van der Waals surface area contributed by atoms with Crippen LogP contribution in [0.3, 0.4) is 0 Å². The highest BCUT2D eigenvalue weighted by Gasteiger charge is 2.10. The summed E-state index contributed by atoms with van der Waals surface area (Å²) in [5, 5.41) is 8.64. The standard InChI is InChI=1S/C13H18O4/c1-2-11(10-13(14)15)16-8-9-17-12-6-4-3-5-7-12/h3-7,11H,2,8-10H2,1H3,(H,14,15). The second-order valence-corrected chi connectivity index (χ2v) is 3.66. The van der Waals surface area contributed by atoms with Crippen LogP contribution < -0.4 is 4.74 Å². The monoisotopic (exact) mass is 238 g/mol. The molecule has 0 heterocycles. The van der Waals surface area contributed by atoms with Gasteiger partial charge in [-0.15, -0.1) is 0 Å². The summed E-state index contributed by atoms with van der Waals surface area (Å²) < 4.78 is 10.9. The summed E-state index contributed by atoms with van der Waals surface area (Å²) in [4.78, 5) is 10.5. The number of benzene rings is 1. The average molecular weight is 238 g/mol. The van der Waals surface area contributed by atoms with E-state index in [2.05, 4.69) is 0 Å². The lowest BCUT2D eigenvalue weighted by molar-refractivity contribution is -0.140. The van der Waals surface area contributed by atoms with Gasteiger partial charge < -0.3 is 14.6 Å². The van der Waals surface area contributed by atoms with Crippen molar-refractivity contribution in [2.45, 2.75) is 25.9 Å². The van der Waals surface area contributed by atoms with Crippen LogP contribution in [-0.4, -0.2) is 30.4 Å². The maximum Gasteiger partial charge on any atom is 0.305 e. The molecule has 0 saturated carbocycles. The molecular weight excluding hydrogens is 220 g/mol. The van der Waals surface area contributed by atoms with Crippen molar-refractivity contribution in [1.29, 1.82) is 0 Å². The lowest BCUT2D eigenvalue weighted by Gasteiger charge is -2.14. The number of hydrogen-bond donors (Lipinski definition) is 1. The topological polar surface area (TPSA) is 55.8 Å². The van der Waals surface area contributed by atoms with Crippen molar-refractivity contribution in [1.82, 2.24) is 0 Å². The quantitative estimate of drug-likeness (QED) is 0.706. The van der Waals surface area contributed by atoms with Crippen LogP contribution in [-0.2, 0) is 9.53 Å². The van der Waals surface area contributed by atoms with E-state index in [1.54, 1.807) is 0 Å². The van der Waals surface area contributed by atoms with Gasteiger partial charge in [-0.3, -0.25) is 4.79 Å². The Balaban J connectivity index is 2.16. The Kier molecular flexibility index (Phi) is 6.10. The Hall–Kier alpha value is -1.55. The van der Waals surface area contributed by atoms with Gasteiger partial charge in [0.2, 0.25) is 0 Å². The van der Waals surface area contributed by atoms with Crippen LogP contribution in [0.15, 0.2) is 30.3 Å². The second kappa shape index (κ2) is 7.68. The molecule has 1 atom stereocenters. The van der Waals surface area contributed by atoms with Crippen LogP contribution in [0.4, 0.5) is 0 Å². The van der Waals surface area contributed by atoms with E-state index in [1.165, 1.54) is 0 Å². The van der Waals surface area contributed by atoms with Gasteiger partial charge in [0.05, 0.1) is 19.1 Å². The van der Waals surface area contributed by atoms with Gasteiger partial charge in [-0.1, -0.05) is 25.1 Å². The van der Waals surface area contributed by atoms with Crippen LogP contribution in [0.2, 0.25) is 0 Å². The third-order valence-corrected chi connectivity index (χ3v) is 2.31. The molecule has 4 heteroatoms. The predicted molar refractivity (Wildman–Crippen MR) is 64.2 cm³/mol. The van der Waals surface area contributed by atoms with E-state index in [0.29, 0.717) is 19.6 Å². The zero-order chi connectivity index (χ0) is 12.5. The van der Waals surface area contributed by atoms with E-state index in [-0.39, 0.29) is 12.5 Å². The molecule has 94 valence electrons. The van der Waals surface area contributed by atoms with Gasteiger partial charge in [0.25, 0.3) is 0 Å². The number of para-hydroxylation sites is 1. The summed E-state index contributed by atoms with van der Waals surface area (Å²) in [7, 11) is 0. The Labute approximate surface area is 101 Å². The zero-order valence-corrected chi connectivity index (χ0v) is 9.96. The number of carboxylic acid groups (broad SMARTS) is 1. The summed E-state index contributed by atoms with van der Waals surface area (Å²) in [5.41, 5.74) is 0. The van der Waals surface area contributed by atoms with Crippen molar-refractivity contribution in [3.05, 3.63) is 30.3 Å². The predicted octanol–water partition coefficient (Wildman–Crippen LogP) is 2.34. The number of carboxylic acids is 1. The maximum absolute atomic E-state index is 10.5. The highest BCUT2D eigenvalue weighted by atomic mass is 16.5. The summed E-state index contributed by atoms with van der Waals surface area (Å²) >= 11 is 0. The molecule has 0 aliphatic heterocycles. The minimum Gasteiger partial charge on any atom is -0.491 e. The van der Waals surface area contributed by atoms with Crippen molar-refractivity contribution in [3.8, 4) is 5.75 Å². The van der Waals surface area contributed by atoms with Crippen molar-refractivity contribution in [2.75, 3.05) is 13.2 Å². The fourth-order valence-corrected chi connectivity index (χ4v) is 1.41. The molecule has 0 spiro atoms. The molecule has 1 unspecified atom stereocenters. The van der Waals surface area contributed by atoms with E-state index in [1.807, 2.05) is 37.3 Å². The van der Waals surface area contributed by atoms with Crippen LogP contribution in [0, 0.1) is 0 Å².